The molecule has 0 saturated carbocycles. The molecule has 2 N–H and O–H groups in total. The fourth-order valence-electron chi connectivity index (χ4n) is 3.49. The zero-order chi connectivity index (χ0) is 22.4. The quantitative estimate of drug-likeness (QED) is 0.470. The van der Waals surface area contributed by atoms with E-state index >= 15 is 0 Å². The van der Waals surface area contributed by atoms with Gasteiger partial charge >= 0.3 is 5.97 Å². The summed E-state index contributed by atoms with van der Waals surface area (Å²) in [6, 6.07) is 9.91. The van der Waals surface area contributed by atoms with Crippen LogP contribution in [0.4, 0.5) is 0 Å². The van der Waals surface area contributed by atoms with Crippen molar-refractivity contribution in [3.63, 3.8) is 0 Å². The average molecular weight is 422 g/mol. The van der Waals surface area contributed by atoms with Gasteiger partial charge in [-0.15, -0.1) is 0 Å². The molecule has 162 valence electrons. The summed E-state index contributed by atoms with van der Waals surface area (Å²) in [4.78, 5) is 20.5. The number of rotatable bonds is 9. The largest absolute Gasteiger partial charge is 0.480 e. The van der Waals surface area contributed by atoms with Gasteiger partial charge in [-0.05, 0) is 62.4 Å². The van der Waals surface area contributed by atoms with E-state index in [9.17, 15) is 10.1 Å². The number of aliphatic carboxylic acids is 1. The molecule has 1 unspecified atom stereocenters. The van der Waals surface area contributed by atoms with E-state index in [1.54, 1.807) is 12.3 Å². The first kappa shape index (κ1) is 22.2. The lowest BCUT2D eigenvalue weighted by Gasteiger charge is -2.13. The third-order valence-electron chi connectivity index (χ3n) is 4.95. The van der Waals surface area contributed by atoms with Crippen LogP contribution in [0.3, 0.4) is 0 Å². The second-order valence-electron chi connectivity index (χ2n) is 7.70. The van der Waals surface area contributed by atoms with E-state index < -0.39 is 5.97 Å². The van der Waals surface area contributed by atoms with Gasteiger partial charge in [-0.3, -0.25) is 4.79 Å². The number of nitrogens with one attached hydrogen (secondary N) is 1. The number of aryl methyl sites for hydroxylation is 1. The molecule has 0 radical (unpaired) electrons. The van der Waals surface area contributed by atoms with Crippen molar-refractivity contribution in [2.24, 2.45) is 5.16 Å². The van der Waals surface area contributed by atoms with Gasteiger partial charge in [0.2, 0.25) is 5.88 Å². The second-order valence-corrected chi connectivity index (χ2v) is 7.70. The average Bonchev–Trinajstić information content (AvgIpc) is 3.15. The number of fused-ring (bicyclic) bond motifs is 1. The highest BCUT2D eigenvalue weighted by atomic mass is 16.6. The topological polar surface area (TPSA) is 117 Å². The van der Waals surface area contributed by atoms with E-state index in [1.807, 2.05) is 32.9 Å². The molecule has 1 aromatic heterocycles. The molecule has 1 aromatic carbocycles. The predicted molar refractivity (Wildman–Crippen MR) is 115 cm³/mol. The van der Waals surface area contributed by atoms with Crippen molar-refractivity contribution >= 4 is 11.7 Å². The number of hydrogen-bond donors (Lipinski definition) is 2. The lowest BCUT2D eigenvalue weighted by atomic mass is 10.0. The molecule has 0 aliphatic heterocycles. The number of carboxylic acids is 1. The van der Waals surface area contributed by atoms with Gasteiger partial charge in [0.25, 0.3) is 0 Å². The molecular weight excluding hydrogens is 396 g/mol. The summed E-state index contributed by atoms with van der Waals surface area (Å²) in [6.07, 6.45) is 3.32. The van der Waals surface area contributed by atoms with Gasteiger partial charge in [-0.1, -0.05) is 17.3 Å². The first-order valence-corrected chi connectivity index (χ1v) is 10.2. The lowest BCUT2D eigenvalue weighted by molar-refractivity contribution is -0.136. The fourth-order valence-corrected chi connectivity index (χ4v) is 3.49. The third-order valence-corrected chi connectivity index (χ3v) is 4.95. The van der Waals surface area contributed by atoms with Crippen LogP contribution in [0.15, 0.2) is 35.6 Å². The minimum atomic E-state index is -0.857. The molecule has 3 rings (SSSR count). The van der Waals surface area contributed by atoms with Crippen molar-refractivity contribution in [2.75, 3.05) is 6.54 Å². The maximum atomic E-state index is 10.8. The van der Waals surface area contributed by atoms with Crippen molar-refractivity contribution in [3.8, 4) is 11.9 Å². The Hall–Kier alpha value is -3.44. The predicted octanol–water partition coefficient (Wildman–Crippen LogP) is 3.34. The van der Waals surface area contributed by atoms with Gasteiger partial charge in [-0.2, -0.15) is 5.26 Å². The van der Waals surface area contributed by atoms with Gasteiger partial charge in [0.15, 0.2) is 0 Å². The third kappa shape index (κ3) is 5.80. The number of aromatic nitrogens is 1. The maximum absolute atomic E-state index is 10.8. The Morgan fingerprint density at radius 2 is 2.23 bits per heavy atom. The number of oxime groups is 1. The van der Waals surface area contributed by atoms with Crippen LogP contribution in [0.25, 0.3) is 0 Å². The van der Waals surface area contributed by atoms with E-state index in [0.717, 1.165) is 35.2 Å². The van der Waals surface area contributed by atoms with Crippen LogP contribution in [0, 0.1) is 11.3 Å². The van der Waals surface area contributed by atoms with Gasteiger partial charge in [0, 0.05) is 17.8 Å². The summed E-state index contributed by atoms with van der Waals surface area (Å²) in [5.74, 6) is -0.542. The minimum absolute atomic E-state index is 0.0485. The Bertz CT molecular complexity index is 1030. The fraction of sp³-hybridized carbons (Fsp3) is 0.391. The molecule has 8 nitrogen and oxygen atoms in total. The monoisotopic (exact) mass is 422 g/mol. The Morgan fingerprint density at radius 1 is 1.42 bits per heavy atom. The van der Waals surface area contributed by atoms with Crippen molar-refractivity contribution in [2.45, 2.75) is 52.4 Å². The summed E-state index contributed by atoms with van der Waals surface area (Å²) in [7, 11) is 0. The van der Waals surface area contributed by atoms with Crippen LogP contribution in [0.5, 0.6) is 5.88 Å². The molecule has 0 amide bonds. The summed E-state index contributed by atoms with van der Waals surface area (Å²) >= 11 is 0. The molecule has 1 atom stereocenters. The smallest absolute Gasteiger partial charge is 0.317 e. The van der Waals surface area contributed by atoms with Crippen LogP contribution in [0.1, 0.15) is 61.1 Å². The summed E-state index contributed by atoms with van der Waals surface area (Å²) in [5.41, 5.74) is 5.11. The molecular formula is C23H26N4O4. The van der Waals surface area contributed by atoms with Crippen molar-refractivity contribution in [3.05, 3.63) is 58.3 Å². The zero-order valence-corrected chi connectivity index (χ0v) is 17.9. The molecule has 1 aliphatic rings. The number of benzene rings is 1. The molecule has 1 aliphatic carbocycles. The summed E-state index contributed by atoms with van der Waals surface area (Å²) in [6.45, 7) is 5.77. The first-order valence-electron chi connectivity index (χ1n) is 10.2. The van der Waals surface area contributed by atoms with Gasteiger partial charge in [0.05, 0.1) is 18.4 Å². The normalized spacial score (nSPS) is 15.5. The number of pyridine rings is 1. The Morgan fingerprint density at radius 3 is 2.94 bits per heavy atom. The summed E-state index contributed by atoms with van der Waals surface area (Å²) < 4.78 is 5.53. The van der Waals surface area contributed by atoms with Crippen molar-refractivity contribution in [1.29, 1.82) is 5.26 Å². The van der Waals surface area contributed by atoms with Crippen molar-refractivity contribution in [1.82, 2.24) is 10.3 Å². The number of ether oxygens (including phenoxy) is 1. The van der Waals surface area contributed by atoms with Crippen LogP contribution in [-0.2, 0) is 22.7 Å². The van der Waals surface area contributed by atoms with Crippen LogP contribution >= 0.6 is 0 Å². The summed E-state index contributed by atoms with van der Waals surface area (Å²) in [5, 5.41) is 25.4. The standard InChI is InChI=1S/C23H26N4O4/c1-14(2)31-23-19(10-24)8-16(11-26-23)13-30-27-15(3)17-4-6-20-18(9-17)5-7-21(20)25-12-22(28)29/h4,6,8-9,11,14,21,25H,5,7,12-13H2,1-3H3,(H,28,29)/b27-15+. The van der Waals surface area contributed by atoms with Crippen LogP contribution < -0.4 is 10.1 Å². The van der Waals surface area contributed by atoms with Crippen LogP contribution in [0.2, 0.25) is 0 Å². The van der Waals surface area contributed by atoms with Crippen molar-refractivity contribution < 1.29 is 19.5 Å². The van der Waals surface area contributed by atoms with E-state index in [0.29, 0.717) is 11.4 Å². The molecule has 0 spiro atoms. The molecule has 31 heavy (non-hydrogen) atoms. The second kappa shape index (κ2) is 10.0. The number of carboxylic acid groups (broad SMARTS) is 1. The van der Waals surface area contributed by atoms with E-state index in [-0.39, 0.29) is 25.3 Å². The SMILES string of the molecule is C/C(=N\OCc1cnc(OC(C)C)c(C#N)c1)c1ccc2c(c1)CCC2NCC(=O)O. The Labute approximate surface area is 181 Å². The number of nitrogens with zero attached hydrogens (tertiary/aromatic N) is 3. The first-order chi connectivity index (χ1) is 14.9. The van der Waals surface area contributed by atoms with Gasteiger partial charge in [0.1, 0.15) is 18.2 Å². The highest BCUT2D eigenvalue weighted by molar-refractivity contribution is 5.98. The molecule has 0 bridgehead atoms. The molecule has 2 aromatic rings. The lowest BCUT2D eigenvalue weighted by Crippen LogP contribution is -2.25. The minimum Gasteiger partial charge on any atom is -0.480 e. The van der Waals surface area contributed by atoms with E-state index in [4.69, 9.17) is 14.7 Å². The highest BCUT2D eigenvalue weighted by Crippen LogP contribution is 2.31. The van der Waals surface area contributed by atoms with E-state index in [1.165, 1.54) is 5.56 Å². The number of hydrogen-bond acceptors (Lipinski definition) is 7. The zero-order valence-electron chi connectivity index (χ0n) is 17.9. The Balaban J connectivity index is 1.63. The molecule has 0 saturated heterocycles. The molecule has 0 fully saturated rings. The maximum Gasteiger partial charge on any atom is 0.317 e. The van der Waals surface area contributed by atoms with Gasteiger partial charge < -0.3 is 20.0 Å². The number of nitriles is 1. The van der Waals surface area contributed by atoms with Gasteiger partial charge in [-0.25, -0.2) is 4.98 Å². The Kier molecular flexibility index (Phi) is 7.21. The van der Waals surface area contributed by atoms with E-state index in [2.05, 4.69) is 27.6 Å². The highest BCUT2D eigenvalue weighted by Gasteiger charge is 2.23. The molecule has 1 heterocycles. The number of carbonyl (C=O) groups is 1. The molecule has 8 heteroatoms. The van der Waals surface area contributed by atoms with Crippen LogP contribution in [-0.4, -0.2) is 34.4 Å².